The average Bonchev–Trinajstić information content (AvgIpc) is 3.31. The topological polar surface area (TPSA) is 99.0 Å². The van der Waals surface area contributed by atoms with Gasteiger partial charge in [-0.25, -0.2) is 9.37 Å². The number of piperazine rings is 1. The van der Waals surface area contributed by atoms with Gasteiger partial charge in [-0.05, 0) is 24.1 Å². The van der Waals surface area contributed by atoms with Gasteiger partial charge in [-0.15, -0.1) is 0 Å². The number of anilines is 1. The second kappa shape index (κ2) is 8.01. The smallest absolute Gasteiger partial charge is 0.255 e. The van der Waals surface area contributed by atoms with Crippen LogP contribution >= 0.6 is 0 Å². The Morgan fingerprint density at radius 2 is 1.97 bits per heavy atom. The van der Waals surface area contributed by atoms with Crippen LogP contribution in [-0.4, -0.2) is 64.7 Å². The molecule has 0 radical (unpaired) electrons. The number of benzene rings is 1. The molecule has 2 aromatic rings. The molecule has 1 unspecified atom stereocenters. The van der Waals surface area contributed by atoms with Crippen LogP contribution in [0.25, 0.3) is 0 Å². The lowest BCUT2D eigenvalue weighted by Gasteiger charge is -2.36. The standard InChI is InChI=1S/C22H24FN5O4/c1-13-24-10-15(32-13)12-26-4-6-27(7-5-26)19-8-14-11-28(22(31)16(14)9-17(19)23)18-2-3-20(29)25-21(18)30/h8-10,18H,2-7,11-12H2,1H3,(H,25,29,30). The quantitative estimate of drug-likeness (QED) is 0.712. The van der Waals surface area contributed by atoms with Crippen LogP contribution in [-0.2, 0) is 22.7 Å². The third-order valence-electron chi connectivity index (χ3n) is 6.35. The number of nitrogens with zero attached hydrogens (tertiary/aromatic N) is 4. The van der Waals surface area contributed by atoms with Gasteiger partial charge in [0, 0.05) is 51.6 Å². The number of halogens is 1. The first kappa shape index (κ1) is 20.6. The summed E-state index contributed by atoms with van der Waals surface area (Å²) in [7, 11) is 0. The molecule has 2 fully saturated rings. The van der Waals surface area contributed by atoms with Crippen LogP contribution in [0.2, 0.25) is 0 Å². The SMILES string of the molecule is Cc1ncc(CN2CCN(c3cc4c(cc3F)C(=O)N(C3CCC(=O)NC3=O)C4)CC2)o1. The van der Waals surface area contributed by atoms with E-state index in [1.54, 1.807) is 12.3 Å². The summed E-state index contributed by atoms with van der Waals surface area (Å²) < 4.78 is 20.5. The third-order valence-corrected chi connectivity index (χ3v) is 6.35. The fourth-order valence-electron chi connectivity index (χ4n) is 4.66. The zero-order valence-electron chi connectivity index (χ0n) is 17.8. The minimum absolute atomic E-state index is 0.189. The number of piperidine rings is 1. The van der Waals surface area contributed by atoms with Gasteiger partial charge in [-0.2, -0.15) is 0 Å². The molecule has 1 aromatic heterocycles. The number of nitrogens with one attached hydrogen (secondary N) is 1. The van der Waals surface area contributed by atoms with Gasteiger partial charge in [0.15, 0.2) is 5.89 Å². The van der Waals surface area contributed by atoms with Crippen molar-refractivity contribution >= 4 is 23.4 Å². The average molecular weight is 441 g/mol. The van der Waals surface area contributed by atoms with Crippen LogP contribution < -0.4 is 10.2 Å². The highest BCUT2D eigenvalue weighted by Gasteiger charge is 2.40. The van der Waals surface area contributed by atoms with Crippen molar-refractivity contribution in [3.8, 4) is 0 Å². The molecule has 0 saturated carbocycles. The Labute approximate surface area is 184 Å². The van der Waals surface area contributed by atoms with Crippen LogP contribution in [0.4, 0.5) is 10.1 Å². The molecule has 0 spiro atoms. The highest BCUT2D eigenvalue weighted by Crippen LogP contribution is 2.33. The fraction of sp³-hybridized carbons (Fsp3) is 0.455. The molecule has 168 valence electrons. The van der Waals surface area contributed by atoms with Crippen molar-refractivity contribution < 1.29 is 23.2 Å². The Morgan fingerprint density at radius 3 is 2.66 bits per heavy atom. The summed E-state index contributed by atoms with van der Waals surface area (Å²) in [5.74, 6) is -0.164. The second-order valence-electron chi connectivity index (χ2n) is 8.47. The van der Waals surface area contributed by atoms with Crippen molar-refractivity contribution in [3.63, 3.8) is 0 Å². The van der Waals surface area contributed by atoms with E-state index in [0.717, 1.165) is 18.8 Å². The van der Waals surface area contributed by atoms with E-state index in [4.69, 9.17) is 4.42 Å². The molecule has 0 bridgehead atoms. The number of aromatic nitrogens is 1. The van der Waals surface area contributed by atoms with Crippen molar-refractivity contribution in [1.82, 2.24) is 20.1 Å². The lowest BCUT2D eigenvalue weighted by molar-refractivity contribution is -0.136. The van der Waals surface area contributed by atoms with E-state index in [0.29, 0.717) is 36.8 Å². The summed E-state index contributed by atoms with van der Waals surface area (Å²) >= 11 is 0. The van der Waals surface area contributed by atoms with E-state index in [2.05, 4.69) is 15.2 Å². The molecule has 3 aliphatic heterocycles. The lowest BCUT2D eigenvalue weighted by Crippen LogP contribution is -2.52. The maximum absolute atomic E-state index is 15.0. The van der Waals surface area contributed by atoms with Crippen molar-refractivity contribution in [2.45, 2.75) is 38.9 Å². The molecule has 4 heterocycles. The van der Waals surface area contributed by atoms with E-state index in [9.17, 15) is 18.8 Å². The number of imide groups is 1. The van der Waals surface area contributed by atoms with Crippen molar-refractivity contribution in [1.29, 1.82) is 0 Å². The molecule has 5 rings (SSSR count). The molecule has 2 saturated heterocycles. The normalized spacial score (nSPS) is 21.8. The van der Waals surface area contributed by atoms with Crippen LogP contribution in [0.3, 0.4) is 0 Å². The summed E-state index contributed by atoms with van der Waals surface area (Å²) in [6.07, 6.45) is 2.20. The van der Waals surface area contributed by atoms with E-state index < -0.39 is 17.8 Å². The molecule has 9 nitrogen and oxygen atoms in total. The van der Waals surface area contributed by atoms with E-state index in [-0.39, 0.29) is 36.8 Å². The van der Waals surface area contributed by atoms with Crippen molar-refractivity contribution in [2.24, 2.45) is 0 Å². The first-order valence-corrected chi connectivity index (χ1v) is 10.7. The van der Waals surface area contributed by atoms with Crippen LogP contribution in [0, 0.1) is 12.7 Å². The van der Waals surface area contributed by atoms with Gasteiger partial charge in [0.25, 0.3) is 5.91 Å². The Kier molecular flexibility index (Phi) is 5.16. The van der Waals surface area contributed by atoms with Crippen LogP contribution in [0.1, 0.15) is 40.4 Å². The number of oxazole rings is 1. The van der Waals surface area contributed by atoms with E-state index >= 15 is 0 Å². The number of amides is 3. The fourth-order valence-corrected chi connectivity index (χ4v) is 4.66. The molecule has 10 heteroatoms. The van der Waals surface area contributed by atoms with Crippen LogP contribution in [0.15, 0.2) is 22.7 Å². The third kappa shape index (κ3) is 3.75. The lowest BCUT2D eigenvalue weighted by atomic mass is 10.0. The molecule has 3 amide bonds. The largest absolute Gasteiger partial charge is 0.445 e. The van der Waals surface area contributed by atoms with Gasteiger partial charge in [-0.1, -0.05) is 0 Å². The molecule has 3 aliphatic rings. The maximum atomic E-state index is 15.0. The first-order chi connectivity index (χ1) is 15.4. The van der Waals surface area contributed by atoms with Gasteiger partial charge in [-0.3, -0.25) is 24.6 Å². The number of fused-ring (bicyclic) bond motifs is 1. The maximum Gasteiger partial charge on any atom is 0.255 e. The minimum atomic E-state index is -0.706. The van der Waals surface area contributed by atoms with Gasteiger partial charge in [0.2, 0.25) is 11.8 Å². The molecular formula is C22H24FN5O4. The first-order valence-electron chi connectivity index (χ1n) is 10.7. The molecule has 0 aliphatic carbocycles. The van der Waals surface area contributed by atoms with E-state index in [1.165, 1.54) is 11.0 Å². The zero-order valence-corrected chi connectivity index (χ0v) is 17.8. The number of rotatable bonds is 4. The molecule has 1 N–H and O–H groups in total. The molecule has 1 aromatic carbocycles. The van der Waals surface area contributed by atoms with Crippen molar-refractivity contribution in [2.75, 3.05) is 31.1 Å². The molecule has 1 atom stereocenters. The Bertz CT molecular complexity index is 1090. The predicted octanol–water partition coefficient (Wildman–Crippen LogP) is 1.21. The molecular weight excluding hydrogens is 417 g/mol. The van der Waals surface area contributed by atoms with Gasteiger partial charge < -0.3 is 14.2 Å². The zero-order chi connectivity index (χ0) is 22.4. The number of carbonyl (C=O) groups is 3. The number of hydrogen-bond acceptors (Lipinski definition) is 7. The van der Waals surface area contributed by atoms with Gasteiger partial charge >= 0.3 is 0 Å². The summed E-state index contributed by atoms with van der Waals surface area (Å²) in [5, 5.41) is 2.28. The van der Waals surface area contributed by atoms with Gasteiger partial charge in [0.05, 0.1) is 18.4 Å². The predicted molar refractivity (Wildman–Crippen MR) is 111 cm³/mol. The summed E-state index contributed by atoms with van der Waals surface area (Å²) in [5.41, 5.74) is 1.46. The minimum Gasteiger partial charge on any atom is -0.445 e. The number of aryl methyl sites for hydroxylation is 1. The second-order valence-corrected chi connectivity index (χ2v) is 8.47. The monoisotopic (exact) mass is 441 g/mol. The summed E-state index contributed by atoms with van der Waals surface area (Å²) in [4.78, 5) is 46.2. The summed E-state index contributed by atoms with van der Waals surface area (Å²) in [6.45, 7) is 5.50. The number of hydrogen-bond donors (Lipinski definition) is 1. The summed E-state index contributed by atoms with van der Waals surface area (Å²) in [6, 6.07) is 2.30. The van der Waals surface area contributed by atoms with Crippen molar-refractivity contribution in [3.05, 3.63) is 46.9 Å². The highest BCUT2D eigenvalue weighted by molar-refractivity contribution is 6.05. The highest BCUT2D eigenvalue weighted by atomic mass is 19.1. The Morgan fingerprint density at radius 1 is 1.19 bits per heavy atom. The molecule has 32 heavy (non-hydrogen) atoms. The number of carbonyl (C=O) groups excluding carboxylic acids is 3. The van der Waals surface area contributed by atoms with Crippen LogP contribution in [0.5, 0.6) is 0 Å². The van der Waals surface area contributed by atoms with Gasteiger partial charge in [0.1, 0.15) is 17.6 Å². The Hall–Kier alpha value is -3.27. The van der Waals surface area contributed by atoms with E-state index in [1.807, 2.05) is 11.8 Å². The Balaban J connectivity index is 1.27.